The molecule has 1 aliphatic rings. The lowest BCUT2D eigenvalue weighted by Crippen LogP contribution is -2.29. The number of rotatable bonds is 12. The number of allylic oxidation sites excluding steroid dienone is 1. The summed E-state index contributed by atoms with van der Waals surface area (Å²) in [6.45, 7) is 4.80. The van der Waals surface area contributed by atoms with Crippen molar-refractivity contribution in [2.45, 2.75) is 50.1 Å². The second kappa shape index (κ2) is 13.5. The van der Waals surface area contributed by atoms with Crippen LogP contribution in [0.1, 0.15) is 49.4 Å². The molecule has 0 aliphatic carbocycles. The number of hydrogen-bond donors (Lipinski definition) is 1. The first-order valence-electron chi connectivity index (χ1n) is 13.8. The molecule has 4 aromatic rings. The average molecular weight is 573 g/mol. The lowest BCUT2D eigenvalue weighted by Gasteiger charge is -2.28. The first-order chi connectivity index (χ1) is 20.0. The van der Waals surface area contributed by atoms with Crippen molar-refractivity contribution < 1.29 is 18.7 Å². The molecular weight excluding hydrogens is 539 g/mol. The summed E-state index contributed by atoms with van der Waals surface area (Å²) in [7, 11) is 0. The second-order valence-corrected chi connectivity index (χ2v) is 10.7. The number of nitrogens with one attached hydrogen (secondary N) is 1. The van der Waals surface area contributed by atoms with Gasteiger partial charge in [-0.2, -0.15) is 4.98 Å². The van der Waals surface area contributed by atoms with Gasteiger partial charge in [0.05, 0.1) is 18.8 Å². The van der Waals surface area contributed by atoms with Crippen LogP contribution >= 0.6 is 11.8 Å². The minimum Gasteiger partial charge on any atom is -0.493 e. The Bertz CT molecular complexity index is 1510. The third-order valence-corrected chi connectivity index (χ3v) is 7.68. The van der Waals surface area contributed by atoms with Crippen molar-refractivity contribution in [2.24, 2.45) is 0 Å². The fourth-order valence-electron chi connectivity index (χ4n) is 4.59. The van der Waals surface area contributed by atoms with Crippen LogP contribution in [0.2, 0.25) is 0 Å². The van der Waals surface area contributed by atoms with Crippen LogP contribution in [0.25, 0.3) is 0 Å². The molecule has 3 aromatic carbocycles. The van der Waals surface area contributed by atoms with E-state index in [1.54, 1.807) is 22.9 Å². The molecule has 1 N–H and O–H groups in total. The fourth-order valence-corrected chi connectivity index (χ4v) is 5.40. The Morgan fingerprint density at radius 3 is 2.54 bits per heavy atom. The number of carbonyl (C=O) groups excluding carboxylic acids is 1. The molecule has 0 bridgehead atoms. The number of hydrogen-bond acceptors (Lipinski definition) is 7. The molecule has 0 spiro atoms. The van der Waals surface area contributed by atoms with Crippen LogP contribution in [0, 0.1) is 5.82 Å². The number of halogens is 1. The maximum Gasteiger partial charge on any atom is 0.338 e. The van der Waals surface area contributed by atoms with E-state index in [1.165, 1.54) is 23.4 Å². The lowest BCUT2D eigenvalue weighted by atomic mass is 9.96. The number of aromatic nitrogens is 3. The van der Waals surface area contributed by atoms with Crippen LogP contribution in [0.15, 0.2) is 95.3 Å². The van der Waals surface area contributed by atoms with Crippen molar-refractivity contribution in [3.05, 3.63) is 113 Å². The number of thioether (sulfide) groups is 1. The van der Waals surface area contributed by atoms with Crippen molar-refractivity contribution in [3.8, 4) is 5.75 Å². The summed E-state index contributed by atoms with van der Waals surface area (Å²) < 4.78 is 27.5. The molecule has 41 heavy (non-hydrogen) atoms. The van der Waals surface area contributed by atoms with Gasteiger partial charge in [-0.05, 0) is 48.2 Å². The zero-order chi connectivity index (χ0) is 28.6. The molecule has 1 atom stereocenters. The van der Waals surface area contributed by atoms with E-state index in [9.17, 15) is 9.18 Å². The van der Waals surface area contributed by atoms with Crippen LogP contribution in [0.3, 0.4) is 0 Å². The highest BCUT2D eigenvalue weighted by atomic mass is 32.2. The Balaban J connectivity index is 1.38. The summed E-state index contributed by atoms with van der Waals surface area (Å²) in [4.78, 5) is 18.0. The van der Waals surface area contributed by atoms with E-state index in [-0.39, 0.29) is 5.82 Å². The quantitative estimate of drug-likeness (QED) is 0.112. The van der Waals surface area contributed by atoms with Gasteiger partial charge >= 0.3 is 5.97 Å². The Labute approximate surface area is 243 Å². The first-order valence-corrected chi connectivity index (χ1v) is 14.8. The van der Waals surface area contributed by atoms with Crippen molar-refractivity contribution >= 4 is 23.7 Å². The summed E-state index contributed by atoms with van der Waals surface area (Å²) in [5, 5.41) is 8.44. The van der Waals surface area contributed by atoms with Gasteiger partial charge in [0.15, 0.2) is 0 Å². The van der Waals surface area contributed by atoms with Gasteiger partial charge in [0.25, 0.3) is 0 Å². The maximum absolute atomic E-state index is 14.2. The van der Waals surface area contributed by atoms with Crippen LogP contribution in [-0.2, 0) is 21.7 Å². The largest absolute Gasteiger partial charge is 0.493 e. The molecule has 0 saturated heterocycles. The van der Waals surface area contributed by atoms with Crippen LogP contribution in [0.4, 0.5) is 10.3 Å². The van der Waals surface area contributed by atoms with Gasteiger partial charge < -0.3 is 14.8 Å². The van der Waals surface area contributed by atoms with E-state index in [0.717, 1.165) is 30.6 Å². The molecule has 2 heterocycles. The van der Waals surface area contributed by atoms with E-state index in [4.69, 9.17) is 14.6 Å². The highest BCUT2D eigenvalue weighted by Gasteiger charge is 2.35. The molecule has 0 radical (unpaired) electrons. The topological polar surface area (TPSA) is 78.3 Å². The molecule has 0 amide bonds. The number of fused-ring (bicyclic) bond motifs is 1. The normalized spacial score (nSPS) is 14.4. The Kier molecular flexibility index (Phi) is 9.36. The van der Waals surface area contributed by atoms with Gasteiger partial charge in [-0.25, -0.2) is 13.9 Å². The molecule has 1 aromatic heterocycles. The number of ether oxygens (including phenoxy) is 2. The van der Waals surface area contributed by atoms with E-state index < -0.39 is 12.0 Å². The molecule has 1 aliphatic heterocycles. The molecule has 1 unspecified atom stereocenters. The molecular formula is C32H33FN4O3S. The SMILES string of the molecule is CCCCOC(=O)C1=C(C)Nc2nc(SCc3ccccc3F)nn2C1c1ccc(OCCc2ccccc2)cc1. The van der Waals surface area contributed by atoms with E-state index in [2.05, 4.69) is 29.4 Å². The molecule has 0 fully saturated rings. The average Bonchev–Trinajstić information content (AvgIpc) is 3.39. The minimum atomic E-state index is -0.547. The number of nitrogens with zero attached hydrogens (tertiary/aromatic N) is 3. The predicted octanol–water partition coefficient (Wildman–Crippen LogP) is 6.96. The standard InChI is InChI=1S/C32H33FN4O3S/c1-3-4-19-40-30(38)28-22(2)34-31-35-32(41-21-25-12-8-9-13-27(25)33)36-37(31)29(28)24-14-16-26(17-15-24)39-20-18-23-10-6-5-7-11-23/h5-17,29H,3-4,18-21H2,1-2H3,(H,34,35,36). The van der Waals surface area contributed by atoms with Gasteiger partial charge in [-0.1, -0.05) is 85.8 Å². The summed E-state index contributed by atoms with van der Waals surface area (Å²) in [6.07, 6.45) is 2.52. The zero-order valence-electron chi connectivity index (χ0n) is 23.2. The number of unbranched alkanes of at least 4 members (excludes halogenated alkanes) is 1. The number of anilines is 1. The smallest absolute Gasteiger partial charge is 0.338 e. The van der Waals surface area contributed by atoms with E-state index >= 15 is 0 Å². The van der Waals surface area contributed by atoms with Crippen molar-refractivity contribution in [1.29, 1.82) is 0 Å². The summed E-state index contributed by atoms with van der Waals surface area (Å²) in [6, 6.07) is 24.0. The fraction of sp³-hybridized carbons (Fsp3) is 0.281. The van der Waals surface area contributed by atoms with Crippen molar-refractivity contribution in [2.75, 3.05) is 18.5 Å². The summed E-state index contributed by atoms with van der Waals surface area (Å²) in [5.41, 5.74) is 3.77. The van der Waals surface area contributed by atoms with Gasteiger partial charge in [0.2, 0.25) is 11.1 Å². The van der Waals surface area contributed by atoms with Gasteiger partial charge in [0, 0.05) is 17.9 Å². The number of esters is 1. The molecule has 5 rings (SSSR count). The summed E-state index contributed by atoms with van der Waals surface area (Å²) in [5.74, 6) is 0.982. The van der Waals surface area contributed by atoms with Gasteiger partial charge in [-0.3, -0.25) is 0 Å². The molecule has 0 saturated carbocycles. The number of benzene rings is 3. The second-order valence-electron chi connectivity index (χ2n) is 9.75. The molecule has 9 heteroatoms. The lowest BCUT2D eigenvalue weighted by molar-refractivity contribution is -0.139. The summed E-state index contributed by atoms with van der Waals surface area (Å²) >= 11 is 1.34. The Hall–Kier alpha value is -4.11. The zero-order valence-corrected chi connectivity index (χ0v) is 24.0. The first kappa shape index (κ1) is 28.4. The maximum atomic E-state index is 14.2. The van der Waals surface area contributed by atoms with Crippen molar-refractivity contribution in [3.63, 3.8) is 0 Å². The van der Waals surface area contributed by atoms with Crippen LogP contribution in [-0.4, -0.2) is 33.9 Å². The van der Waals surface area contributed by atoms with Gasteiger partial charge in [0.1, 0.15) is 17.6 Å². The van der Waals surface area contributed by atoms with E-state index in [0.29, 0.717) is 46.9 Å². The predicted molar refractivity (Wildman–Crippen MR) is 158 cm³/mol. The van der Waals surface area contributed by atoms with Gasteiger partial charge in [-0.15, -0.1) is 5.10 Å². The Morgan fingerprint density at radius 2 is 1.78 bits per heavy atom. The molecule has 212 valence electrons. The highest BCUT2D eigenvalue weighted by molar-refractivity contribution is 7.98. The monoisotopic (exact) mass is 572 g/mol. The van der Waals surface area contributed by atoms with Crippen LogP contribution in [0.5, 0.6) is 5.75 Å². The minimum absolute atomic E-state index is 0.263. The Morgan fingerprint density at radius 1 is 1.02 bits per heavy atom. The van der Waals surface area contributed by atoms with Crippen LogP contribution < -0.4 is 10.1 Å². The highest BCUT2D eigenvalue weighted by Crippen LogP contribution is 2.37. The van der Waals surface area contributed by atoms with Crippen molar-refractivity contribution in [1.82, 2.24) is 14.8 Å². The van der Waals surface area contributed by atoms with E-state index in [1.807, 2.05) is 49.4 Å². The number of carbonyl (C=O) groups is 1. The third-order valence-electron chi connectivity index (χ3n) is 6.80. The third kappa shape index (κ3) is 6.97. The molecule has 7 nitrogen and oxygen atoms in total.